The van der Waals surface area contributed by atoms with E-state index >= 15 is 0 Å². The largest absolute Gasteiger partial charge is 0.344 e. The van der Waals surface area contributed by atoms with E-state index in [9.17, 15) is 4.79 Å². The van der Waals surface area contributed by atoms with E-state index < -0.39 is 0 Å². The highest BCUT2D eigenvalue weighted by molar-refractivity contribution is 5.77. The lowest BCUT2D eigenvalue weighted by Crippen LogP contribution is -2.32. The molecule has 0 spiro atoms. The van der Waals surface area contributed by atoms with Crippen molar-refractivity contribution in [2.45, 2.75) is 12.8 Å². The second-order valence-corrected chi connectivity index (χ2v) is 4.52. The van der Waals surface area contributed by atoms with Gasteiger partial charge in [-0.05, 0) is 18.4 Å². The number of amides is 1. The van der Waals surface area contributed by atoms with Gasteiger partial charge in [-0.1, -0.05) is 30.3 Å². The van der Waals surface area contributed by atoms with Gasteiger partial charge in [0.25, 0.3) is 0 Å². The lowest BCUT2D eigenvalue weighted by molar-refractivity contribution is 0.207. The predicted molar refractivity (Wildman–Crippen MR) is 69.3 cm³/mol. The van der Waals surface area contributed by atoms with E-state index in [1.165, 1.54) is 4.68 Å². The number of carbonyl (C=O) groups is 1. The first-order valence-corrected chi connectivity index (χ1v) is 6.24. The van der Waals surface area contributed by atoms with Crippen molar-refractivity contribution in [3.63, 3.8) is 0 Å². The quantitative estimate of drug-likeness (QED) is 0.769. The van der Waals surface area contributed by atoms with Gasteiger partial charge in [-0.15, -0.1) is 0 Å². The molecule has 0 aliphatic carbocycles. The zero-order valence-electron chi connectivity index (χ0n) is 10.1. The van der Waals surface area contributed by atoms with Crippen molar-refractivity contribution >= 4 is 6.03 Å². The van der Waals surface area contributed by atoms with E-state index in [1.807, 2.05) is 35.2 Å². The van der Waals surface area contributed by atoms with Crippen molar-refractivity contribution < 1.29 is 4.79 Å². The SMILES string of the molecule is O=C(N1CCCC1)n1cc(-c2ccccc2)cn1. The van der Waals surface area contributed by atoms with E-state index in [1.54, 1.807) is 12.4 Å². The molecular formula is C14H15N3O. The second kappa shape index (κ2) is 4.64. The highest BCUT2D eigenvalue weighted by Crippen LogP contribution is 2.18. The Balaban J connectivity index is 1.83. The fraction of sp³-hybridized carbons (Fsp3) is 0.286. The van der Waals surface area contributed by atoms with Gasteiger partial charge in [0.15, 0.2) is 0 Å². The van der Waals surface area contributed by atoms with Crippen molar-refractivity contribution in [2.24, 2.45) is 0 Å². The molecule has 2 aromatic rings. The van der Waals surface area contributed by atoms with Crippen LogP contribution >= 0.6 is 0 Å². The summed E-state index contributed by atoms with van der Waals surface area (Å²) in [5, 5.41) is 4.16. The third-order valence-corrected chi connectivity index (χ3v) is 3.26. The lowest BCUT2D eigenvalue weighted by atomic mass is 10.1. The second-order valence-electron chi connectivity index (χ2n) is 4.52. The van der Waals surface area contributed by atoms with E-state index in [-0.39, 0.29) is 6.03 Å². The number of rotatable bonds is 1. The molecule has 0 N–H and O–H groups in total. The summed E-state index contributed by atoms with van der Waals surface area (Å²) in [4.78, 5) is 14.0. The predicted octanol–water partition coefficient (Wildman–Crippen LogP) is 2.61. The maximum absolute atomic E-state index is 12.1. The van der Waals surface area contributed by atoms with Gasteiger partial charge in [0.05, 0.1) is 6.20 Å². The van der Waals surface area contributed by atoms with Crippen LogP contribution in [0.3, 0.4) is 0 Å². The Morgan fingerprint density at radius 1 is 1.06 bits per heavy atom. The summed E-state index contributed by atoms with van der Waals surface area (Å²) < 4.78 is 1.44. The number of hydrogen-bond acceptors (Lipinski definition) is 2. The Bertz CT molecular complexity index is 541. The molecule has 1 aliphatic heterocycles. The molecule has 1 amide bonds. The Morgan fingerprint density at radius 2 is 1.78 bits per heavy atom. The van der Waals surface area contributed by atoms with Crippen LogP contribution in [-0.2, 0) is 0 Å². The number of benzene rings is 1. The molecule has 0 atom stereocenters. The monoisotopic (exact) mass is 241 g/mol. The average molecular weight is 241 g/mol. The Labute approximate surface area is 106 Å². The summed E-state index contributed by atoms with van der Waals surface area (Å²) in [7, 11) is 0. The fourth-order valence-corrected chi connectivity index (χ4v) is 2.26. The maximum Gasteiger partial charge on any atom is 0.344 e. The topological polar surface area (TPSA) is 38.1 Å². The normalized spacial score (nSPS) is 15.0. The minimum atomic E-state index is -0.0188. The molecule has 1 aliphatic rings. The molecule has 1 aromatic heterocycles. The zero-order chi connectivity index (χ0) is 12.4. The van der Waals surface area contributed by atoms with Crippen LogP contribution in [0.4, 0.5) is 4.79 Å². The van der Waals surface area contributed by atoms with Gasteiger partial charge in [-0.25, -0.2) is 4.79 Å². The van der Waals surface area contributed by atoms with E-state index in [4.69, 9.17) is 0 Å². The number of hydrogen-bond donors (Lipinski definition) is 0. The lowest BCUT2D eigenvalue weighted by Gasteiger charge is -2.13. The molecule has 2 heterocycles. The van der Waals surface area contributed by atoms with Gasteiger partial charge in [0, 0.05) is 24.8 Å². The molecule has 4 nitrogen and oxygen atoms in total. The molecule has 1 aromatic carbocycles. The Hall–Kier alpha value is -2.10. The first-order valence-electron chi connectivity index (χ1n) is 6.24. The molecule has 0 unspecified atom stereocenters. The number of aromatic nitrogens is 2. The molecule has 1 fully saturated rings. The molecule has 0 bridgehead atoms. The van der Waals surface area contributed by atoms with Gasteiger partial charge in [0.1, 0.15) is 0 Å². The minimum absolute atomic E-state index is 0.0188. The third-order valence-electron chi connectivity index (χ3n) is 3.26. The van der Waals surface area contributed by atoms with Crippen molar-refractivity contribution in [1.29, 1.82) is 0 Å². The standard InChI is InChI=1S/C14H15N3O/c18-14(16-8-4-5-9-16)17-11-13(10-15-17)12-6-2-1-3-7-12/h1-3,6-7,10-11H,4-5,8-9H2. The molecule has 92 valence electrons. The van der Waals surface area contributed by atoms with Gasteiger partial charge in [0.2, 0.25) is 0 Å². The Kier molecular flexibility index (Phi) is 2.84. The van der Waals surface area contributed by atoms with E-state index in [2.05, 4.69) is 5.10 Å². The molecular weight excluding hydrogens is 226 g/mol. The summed E-state index contributed by atoms with van der Waals surface area (Å²) in [6, 6.07) is 9.95. The molecule has 18 heavy (non-hydrogen) atoms. The van der Waals surface area contributed by atoms with Crippen LogP contribution in [0.5, 0.6) is 0 Å². The van der Waals surface area contributed by atoms with Crippen LogP contribution in [0.2, 0.25) is 0 Å². The first kappa shape index (κ1) is 11.0. The van der Waals surface area contributed by atoms with Crippen LogP contribution < -0.4 is 0 Å². The van der Waals surface area contributed by atoms with Gasteiger partial charge in [-0.3, -0.25) is 0 Å². The zero-order valence-corrected chi connectivity index (χ0v) is 10.1. The van der Waals surface area contributed by atoms with Crippen LogP contribution in [0.15, 0.2) is 42.7 Å². The summed E-state index contributed by atoms with van der Waals surface area (Å²) >= 11 is 0. The molecule has 0 radical (unpaired) electrons. The molecule has 1 saturated heterocycles. The summed E-state index contributed by atoms with van der Waals surface area (Å²) in [5.74, 6) is 0. The van der Waals surface area contributed by atoms with Crippen LogP contribution in [-0.4, -0.2) is 33.8 Å². The molecule has 3 rings (SSSR count). The summed E-state index contributed by atoms with van der Waals surface area (Å²) in [6.45, 7) is 1.69. The maximum atomic E-state index is 12.1. The van der Waals surface area contributed by atoms with Gasteiger partial charge < -0.3 is 4.90 Å². The number of nitrogens with zero attached hydrogens (tertiary/aromatic N) is 3. The number of carbonyl (C=O) groups excluding carboxylic acids is 1. The molecule has 0 saturated carbocycles. The average Bonchev–Trinajstić information content (AvgIpc) is 3.10. The molecule has 4 heteroatoms. The summed E-state index contributed by atoms with van der Waals surface area (Å²) in [5.41, 5.74) is 2.06. The van der Waals surface area contributed by atoms with Crippen LogP contribution in [0.1, 0.15) is 12.8 Å². The first-order chi connectivity index (χ1) is 8.84. The Morgan fingerprint density at radius 3 is 2.50 bits per heavy atom. The van der Waals surface area contributed by atoms with Crippen molar-refractivity contribution in [3.8, 4) is 11.1 Å². The number of likely N-dealkylation sites (tertiary alicyclic amines) is 1. The van der Waals surface area contributed by atoms with E-state index in [0.717, 1.165) is 37.1 Å². The van der Waals surface area contributed by atoms with Crippen molar-refractivity contribution in [2.75, 3.05) is 13.1 Å². The van der Waals surface area contributed by atoms with Crippen molar-refractivity contribution in [3.05, 3.63) is 42.7 Å². The van der Waals surface area contributed by atoms with Gasteiger partial charge >= 0.3 is 6.03 Å². The minimum Gasteiger partial charge on any atom is -0.323 e. The van der Waals surface area contributed by atoms with Crippen LogP contribution in [0.25, 0.3) is 11.1 Å². The van der Waals surface area contributed by atoms with Gasteiger partial charge in [-0.2, -0.15) is 9.78 Å². The fourth-order valence-electron chi connectivity index (χ4n) is 2.26. The van der Waals surface area contributed by atoms with Crippen molar-refractivity contribution in [1.82, 2.24) is 14.7 Å². The third kappa shape index (κ3) is 2.01. The van der Waals surface area contributed by atoms with Crippen LogP contribution in [0, 0.1) is 0 Å². The highest BCUT2D eigenvalue weighted by Gasteiger charge is 2.20. The summed E-state index contributed by atoms with van der Waals surface area (Å²) in [6.07, 6.45) is 5.73. The van der Waals surface area contributed by atoms with E-state index in [0.29, 0.717) is 0 Å². The smallest absolute Gasteiger partial charge is 0.323 e. The highest BCUT2D eigenvalue weighted by atomic mass is 16.2.